The van der Waals surface area contributed by atoms with Gasteiger partial charge in [0.15, 0.2) is 5.76 Å². The number of esters is 1. The molecule has 0 unspecified atom stereocenters. The van der Waals surface area contributed by atoms with Crippen LogP contribution < -0.4 is 5.43 Å². The number of hydrogen-bond acceptors (Lipinski definition) is 6. The van der Waals surface area contributed by atoms with E-state index in [0.29, 0.717) is 23.7 Å². The summed E-state index contributed by atoms with van der Waals surface area (Å²) in [7, 11) is 0. The van der Waals surface area contributed by atoms with Crippen LogP contribution in [0.4, 0.5) is 0 Å². The van der Waals surface area contributed by atoms with Gasteiger partial charge in [0.1, 0.15) is 11.5 Å². The number of nitrogens with one attached hydrogen (secondary N) is 1. The number of rotatable bonds is 6. The highest BCUT2D eigenvalue weighted by Crippen LogP contribution is 2.22. The third-order valence-corrected chi connectivity index (χ3v) is 3.41. The molecule has 0 fully saturated rings. The molecule has 1 N–H and O–H groups in total. The number of hydrazone groups is 1. The largest absolute Gasteiger partial charge is 0.462 e. The summed E-state index contributed by atoms with van der Waals surface area (Å²) in [5, 5.41) is 3.82. The molecule has 0 atom stereocenters. The number of furan rings is 2. The monoisotopic (exact) mass is 352 g/mol. The summed E-state index contributed by atoms with van der Waals surface area (Å²) < 4.78 is 15.6. The van der Waals surface area contributed by atoms with Gasteiger partial charge in [-0.2, -0.15) is 5.10 Å². The van der Waals surface area contributed by atoms with E-state index in [1.165, 1.54) is 18.5 Å². The minimum Gasteiger partial charge on any atom is -0.462 e. The first-order valence-electron chi connectivity index (χ1n) is 7.91. The lowest BCUT2D eigenvalue weighted by atomic mass is 10.1. The molecule has 0 saturated carbocycles. The van der Waals surface area contributed by atoms with Gasteiger partial charge in [-0.05, 0) is 43.3 Å². The number of ether oxygens (including phenoxy) is 1. The number of amides is 1. The van der Waals surface area contributed by atoms with Crippen molar-refractivity contribution < 1.29 is 23.2 Å². The smallest absolute Gasteiger partial charge is 0.338 e. The lowest BCUT2D eigenvalue weighted by Crippen LogP contribution is -2.16. The lowest BCUT2D eigenvalue weighted by molar-refractivity contribution is 0.0526. The van der Waals surface area contributed by atoms with Crippen molar-refractivity contribution in [3.63, 3.8) is 0 Å². The molecule has 3 aromatic rings. The van der Waals surface area contributed by atoms with E-state index in [1.807, 2.05) is 0 Å². The Morgan fingerprint density at radius 2 is 1.96 bits per heavy atom. The van der Waals surface area contributed by atoms with Gasteiger partial charge in [-0.15, -0.1) is 0 Å². The Morgan fingerprint density at radius 3 is 2.65 bits per heavy atom. The van der Waals surface area contributed by atoms with Gasteiger partial charge in [-0.1, -0.05) is 12.1 Å². The SMILES string of the molecule is CCOC(=O)c1ccc(-c2ccc(/C=N\NC(=O)c3ccco3)o2)cc1. The number of benzene rings is 1. The highest BCUT2D eigenvalue weighted by molar-refractivity contribution is 5.92. The molecule has 132 valence electrons. The second-order valence-corrected chi connectivity index (χ2v) is 5.18. The van der Waals surface area contributed by atoms with Gasteiger partial charge in [0.05, 0.1) is 24.6 Å². The van der Waals surface area contributed by atoms with E-state index in [-0.39, 0.29) is 11.7 Å². The van der Waals surface area contributed by atoms with Crippen LogP contribution in [0.25, 0.3) is 11.3 Å². The van der Waals surface area contributed by atoms with Crippen molar-refractivity contribution in [1.29, 1.82) is 0 Å². The van der Waals surface area contributed by atoms with E-state index in [9.17, 15) is 9.59 Å². The average molecular weight is 352 g/mol. The highest BCUT2D eigenvalue weighted by atomic mass is 16.5. The molecule has 2 heterocycles. The standard InChI is InChI=1S/C19H16N2O5/c1-2-24-19(23)14-7-5-13(6-8-14)16-10-9-15(26-16)12-20-21-18(22)17-4-3-11-25-17/h3-12H,2H2,1H3,(H,21,22)/b20-12-. The fraction of sp³-hybridized carbons (Fsp3) is 0.105. The summed E-state index contributed by atoms with van der Waals surface area (Å²) in [6.07, 6.45) is 2.79. The topological polar surface area (TPSA) is 94.0 Å². The minimum atomic E-state index is -0.451. The van der Waals surface area contributed by atoms with Crippen LogP contribution in [0.15, 0.2) is 68.7 Å². The van der Waals surface area contributed by atoms with Crippen molar-refractivity contribution >= 4 is 18.1 Å². The Kier molecular flexibility index (Phi) is 5.28. The van der Waals surface area contributed by atoms with Crippen LogP contribution in [0, 0.1) is 0 Å². The summed E-state index contributed by atoms with van der Waals surface area (Å²) in [6.45, 7) is 2.09. The summed E-state index contributed by atoms with van der Waals surface area (Å²) >= 11 is 0. The molecule has 7 heteroatoms. The first-order chi connectivity index (χ1) is 12.7. The van der Waals surface area contributed by atoms with Crippen molar-refractivity contribution in [2.24, 2.45) is 5.10 Å². The van der Waals surface area contributed by atoms with Crippen LogP contribution in [-0.4, -0.2) is 24.7 Å². The lowest BCUT2D eigenvalue weighted by Gasteiger charge is -2.02. The summed E-state index contributed by atoms with van der Waals surface area (Å²) in [5.41, 5.74) is 3.62. The minimum absolute atomic E-state index is 0.170. The van der Waals surface area contributed by atoms with E-state index in [1.54, 1.807) is 49.4 Å². The third-order valence-electron chi connectivity index (χ3n) is 3.41. The van der Waals surface area contributed by atoms with E-state index >= 15 is 0 Å². The molecule has 2 aromatic heterocycles. The molecule has 3 rings (SSSR count). The van der Waals surface area contributed by atoms with Gasteiger partial charge in [-0.25, -0.2) is 10.2 Å². The summed E-state index contributed by atoms with van der Waals surface area (Å²) in [4.78, 5) is 23.3. The second kappa shape index (κ2) is 7.98. The van der Waals surface area contributed by atoms with E-state index in [4.69, 9.17) is 13.6 Å². The molecule has 0 bridgehead atoms. The molecule has 0 saturated heterocycles. The number of carbonyl (C=O) groups is 2. The van der Waals surface area contributed by atoms with Crippen molar-refractivity contribution in [2.75, 3.05) is 6.61 Å². The van der Waals surface area contributed by atoms with Crippen LogP contribution in [0.5, 0.6) is 0 Å². The number of hydrogen-bond donors (Lipinski definition) is 1. The van der Waals surface area contributed by atoms with Crippen molar-refractivity contribution in [1.82, 2.24) is 5.43 Å². The zero-order valence-corrected chi connectivity index (χ0v) is 14.0. The second-order valence-electron chi connectivity index (χ2n) is 5.18. The molecular weight excluding hydrogens is 336 g/mol. The van der Waals surface area contributed by atoms with Gasteiger partial charge in [-0.3, -0.25) is 4.79 Å². The van der Waals surface area contributed by atoms with Crippen molar-refractivity contribution in [3.05, 3.63) is 71.9 Å². The van der Waals surface area contributed by atoms with E-state index in [2.05, 4.69) is 10.5 Å². The van der Waals surface area contributed by atoms with Crippen LogP contribution in [0.2, 0.25) is 0 Å². The molecule has 0 aliphatic carbocycles. The van der Waals surface area contributed by atoms with Crippen LogP contribution >= 0.6 is 0 Å². The predicted molar refractivity (Wildman–Crippen MR) is 93.9 cm³/mol. The zero-order valence-electron chi connectivity index (χ0n) is 14.0. The molecular formula is C19H16N2O5. The predicted octanol–water partition coefficient (Wildman–Crippen LogP) is 3.48. The molecule has 0 aliphatic heterocycles. The molecule has 0 spiro atoms. The average Bonchev–Trinajstić information content (AvgIpc) is 3.34. The van der Waals surface area contributed by atoms with Crippen LogP contribution in [-0.2, 0) is 4.74 Å². The van der Waals surface area contributed by atoms with Gasteiger partial charge < -0.3 is 13.6 Å². The Bertz CT molecular complexity index is 908. The van der Waals surface area contributed by atoms with Crippen molar-refractivity contribution in [2.45, 2.75) is 6.92 Å². The summed E-state index contributed by atoms with van der Waals surface area (Å²) in [5.74, 6) is 0.434. The van der Waals surface area contributed by atoms with Gasteiger partial charge in [0.2, 0.25) is 0 Å². The van der Waals surface area contributed by atoms with Gasteiger partial charge in [0.25, 0.3) is 0 Å². The first-order valence-corrected chi connectivity index (χ1v) is 7.91. The highest BCUT2D eigenvalue weighted by Gasteiger charge is 2.09. The normalized spacial score (nSPS) is 10.8. The van der Waals surface area contributed by atoms with E-state index in [0.717, 1.165) is 5.56 Å². The first kappa shape index (κ1) is 17.2. The Balaban J connectivity index is 1.63. The van der Waals surface area contributed by atoms with Gasteiger partial charge in [0, 0.05) is 5.56 Å². The Labute approximate surface area is 149 Å². The maximum Gasteiger partial charge on any atom is 0.338 e. The fourth-order valence-electron chi connectivity index (χ4n) is 2.18. The molecule has 0 aliphatic rings. The maximum atomic E-state index is 11.7. The molecule has 26 heavy (non-hydrogen) atoms. The van der Waals surface area contributed by atoms with Crippen LogP contribution in [0.1, 0.15) is 33.6 Å². The molecule has 1 aromatic carbocycles. The molecule has 1 amide bonds. The van der Waals surface area contributed by atoms with Crippen LogP contribution in [0.3, 0.4) is 0 Å². The molecule has 0 radical (unpaired) electrons. The Morgan fingerprint density at radius 1 is 1.15 bits per heavy atom. The fourth-order valence-corrected chi connectivity index (χ4v) is 2.18. The zero-order chi connectivity index (χ0) is 18.4. The molecule has 7 nitrogen and oxygen atoms in total. The van der Waals surface area contributed by atoms with Crippen molar-refractivity contribution in [3.8, 4) is 11.3 Å². The third kappa shape index (κ3) is 4.07. The Hall–Kier alpha value is -3.61. The maximum absolute atomic E-state index is 11.7. The number of carbonyl (C=O) groups excluding carboxylic acids is 2. The van der Waals surface area contributed by atoms with Gasteiger partial charge >= 0.3 is 11.9 Å². The quantitative estimate of drug-likeness (QED) is 0.416. The van der Waals surface area contributed by atoms with E-state index < -0.39 is 5.91 Å². The summed E-state index contributed by atoms with van der Waals surface area (Å²) in [6, 6.07) is 13.5. The number of nitrogens with zero attached hydrogens (tertiary/aromatic N) is 1.